The fraction of sp³-hybridized carbons (Fsp3) is 0.444. The van der Waals surface area contributed by atoms with Gasteiger partial charge in [-0.1, -0.05) is 0 Å². The van der Waals surface area contributed by atoms with Crippen LogP contribution in [0.15, 0.2) is 12.4 Å². The molecule has 0 fully saturated rings. The van der Waals surface area contributed by atoms with Crippen molar-refractivity contribution < 1.29 is 4.79 Å². The zero-order chi connectivity index (χ0) is 10.6. The Morgan fingerprint density at radius 3 is 2.57 bits per heavy atom. The highest BCUT2D eigenvalue weighted by molar-refractivity contribution is 5.90. The standard InChI is InChI=1S/C9H14N4O/c1-3-13(4-2)8-6-11-5-7(12-8)9(10)14/h5-6H,3-4H2,1-2H3,(H2,10,14). The van der Waals surface area contributed by atoms with Gasteiger partial charge in [0.2, 0.25) is 0 Å². The Balaban J connectivity index is 2.98. The highest BCUT2D eigenvalue weighted by atomic mass is 16.1. The van der Waals surface area contributed by atoms with E-state index in [0.717, 1.165) is 13.1 Å². The van der Waals surface area contributed by atoms with Gasteiger partial charge in [-0.15, -0.1) is 0 Å². The van der Waals surface area contributed by atoms with Gasteiger partial charge in [-0.2, -0.15) is 0 Å². The molecule has 76 valence electrons. The summed E-state index contributed by atoms with van der Waals surface area (Å²) in [6.45, 7) is 5.69. The van der Waals surface area contributed by atoms with Crippen LogP contribution < -0.4 is 10.6 Å². The number of hydrogen-bond acceptors (Lipinski definition) is 4. The minimum Gasteiger partial charge on any atom is -0.364 e. The first-order valence-electron chi connectivity index (χ1n) is 4.55. The van der Waals surface area contributed by atoms with Crippen molar-refractivity contribution in [3.63, 3.8) is 0 Å². The van der Waals surface area contributed by atoms with Crippen LogP contribution in [0, 0.1) is 0 Å². The molecule has 14 heavy (non-hydrogen) atoms. The van der Waals surface area contributed by atoms with Crippen LogP contribution in [0.5, 0.6) is 0 Å². The van der Waals surface area contributed by atoms with Crippen LogP contribution in [0.25, 0.3) is 0 Å². The number of anilines is 1. The third-order valence-electron chi connectivity index (χ3n) is 1.96. The SMILES string of the molecule is CCN(CC)c1cncc(C(N)=O)n1. The lowest BCUT2D eigenvalue weighted by Gasteiger charge is -2.19. The number of primary amides is 1. The van der Waals surface area contributed by atoms with E-state index in [1.807, 2.05) is 18.7 Å². The first kappa shape index (κ1) is 10.4. The van der Waals surface area contributed by atoms with E-state index in [-0.39, 0.29) is 5.69 Å². The average Bonchev–Trinajstić information content (AvgIpc) is 2.20. The van der Waals surface area contributed by atoms with Crippen LogP contribution in [-0.2, 0) is 0 Å². The highest BCUT2D eigenvalue weighted by Crippen LogP contribution is 2.08. The van der Waals surface area contributed by atoms with Crippen LogP contribution in [0.2, 0.25) is 0 Å². The molecule has 0 saturated carbocycles. The Labute approximate surface area is 83.0 Å². The third kappa shape index (κ3) is 2.18. The maximum Gasteiger partial charge on any atom is 0.268 e. The summed E-state index contributed by atoms with van der Waals surface area (Å²) in [4.78, 5) is 20.9. The number of nitrogens with zero attached hydrogens (tertiary/aromatic N) is 3. The van der Waals surface area contributed by atoms with Gasteiger partial charge in [0.05, 0.1) is 12.4 Å². The van der Waals surface area contributed by atoms with E-state index in [9.17, 15) is 4.79 Å². The van der Waals surface area contributed by atoms with Crippen molar-refractivity contribution >= 4 is 11.7 Å². The molecular formula is C9H14N4O. The average molecular weight is 194 g/mol. The number of aromatic nitrogens is 2. The molecule has 0 aliphatic carbocycles. The maximum atomic E-state index is 10.9. The van der Waals surface area contributed by atoms with Gasteiger partial charge in [-0.05, 0) is 13.8 Å². The van der Waals surface area contributed by atoms with Gasteiger partial charge in [-0.3, -0.25) is 9.78 Å². The lowest BCUT2D eigenvalue weighted by atomic mass is 10.4. The smallest absolute Gasteiger partial charge is 0.268 e. The van der Waals surface area contributed by atoms with E-state index in [1.165, 1.54) is 6.20 Å². The molecule has 0 aliphatic rings. The fourth-order valence-corrected chi connectivity index (χ4v) is 1.17. The van der Waals surface area contributed by atoms with Gasteiger partial charge in [0, 0.05) is 13.1 Å². The second-order valence-corrected chi connectivity index (χ2v) is 2.80. The van der Waals surface area contributed by atoms with E-state index >= 15 is 0 Å². The Morgan fingerprint density at radius 1 is 1.43 bits per heavy atom. The van der Waals surface area contributed by atoms with Gasteiger partial charge in [0.1, 0.15) is 11.5 Å². The molecule has 5 nitrogen and oxygen atoms in total. The number of nitrogens with two attached hydrogens (primary N) is 1. The van der Waals surface area contributed by atoms with Crippen LogP contribution in [0.3, 0.4) is 0 Å². The summed E-state index contributed by atoms with van der Waals surface area (Å²) < 4.78 is 0. The summed E-state index contributed by atoms with van der Waals surface area (Å²) in [6, 6.07) is 0. The quantitative estimate of drug-likeness (QED) is 0.754. The molecule has 0 aromatic carbocycles. The summed E-state index contributed by atoms with van der Waals surface area (Å²) in [6.07, 6.45) is 2.99. The van der Waals surface area contributed by atoms with Gasteiger partial charge in [0.25, 0.3) is 5.91 Å². The van der Waals surface area contributed by atoms with Crippen molar-refractivity contribution in [2.45, 2.75) is 13.8 Å². The summed E-state index contributed by atoms with van der Waals surface area (Å²) in [7, 11) is 0. The molecule has 1 heterocycles. The topological polar surface area (TPSA) is 72.1 Å². The highest BCUT2D eigenvalue weighted by Gasteiger charge is 2.07. The molecule has 2 N–H and O–H groups in total. The van der Waals surface area contributed by atoms with Crippen LogP contribution in [0.4, 0.5) is 5.82 Å². The molecule has 0 atom stereocenters. The largest absolute Gasteiger partial charge is 0.364 e. The number of amides is 1. The van der Waals surface area contributed by atoms with Gasteiger partial charge >= 0.3 is 0 Å². The molecule has 0 aliphatic heterocycles. The summed E-state index contributed by atoms with van der Waals surface area (Å²) in [5.74, 6) is 0.137. The molecule has 1 rings (SSSR count). The summed E-state index contributed by atoms with van der Waals surface area (Å²) in [5, 5.41) is 0. The zero-order valence-corrected chi connectivity index (χ0v) is 8.40. The molecule has 0 unspecified atom stereocenters. The zero-order valence-electron chi connectivity index (χ0n) is 8.40. The Bertz CT molecular complexity index is 322. The van der Waals surface area contributed by atoms with E-state index in [1.54, 1.807) is 6.20 Å². The minimum absolute atomic E-state index is 0.203. The Morgan fingerprint density at radius 2 is 2.07 bits per heavy atom. The number of carbonyl (C=O) groups excluding carboxylic acids is 1. The second-order valence-electron chi connectivity index (χ2n) is 2.80. The van der Waals surface area contributed by atoms with Crippen molar-refractivity contribution in [1.82, 2.24) is 9.97 Å². The number of rotatable bonds is 4. The van der Waals surface area contributed by atoms with Crippen LogP contribution in [0.1, 0.15) is 24.3 Å². The van der Waals surface area contributed by atoms with Crippen molar-refractivity contribution in [3.8, 4) is 0 Å². The molecular weight excluding hydrogens is 180 g/mol. The molecule has 0 bridgehead atoms. The fourth-order valence-electron chi connectivity index (χ4n) is 1.17. The Kier molecular flexibility index (Phi) is 3.39. The third-order valence-corrected chi connectivity index (χ3v) is 1.96. The second kappa shape index (κ2) is 4.55. The van der Waals surface area contributed by atoms with Gasteiger partial charge in [-0.25, -0.2) is 4.98 Å². The van der Waals surface area contributed by atoms with Crippen LogP contribution >= 0.6 is 0 Å². The normalized spacial score (nSPS) is 9.86. The predicted molar refractivity (Wildman–Crippen MR) is 54.1 cm³/mol. The van der Waals surface area contributed by atoms with Crippen LogP contribution in [-0.4, -0.2) is 29.0 Å². The Hall–Kier alpha value is -1.65. The summed E-state index contributed by atoms with van der Waals surface area (Å²) >= 11 is 0. The molecule has 0 radical (unpaired) electrons. The molecule has 1 aromatic heterocycles. The predicted octanol–water partition coefficient (Wildman–Crippen LogP) is 0.422. The van der Waals surface area contributed by atoms with Gasteiger partial charge < -0.3 is 10.6 Å². The molecule has 0 saturated heterocycles. The molecule has 0 spiro atoms. The minimum atomic E-state index is -0.550. The van der Waals surface area contributed by atoms with E-state index in [2.05, 4.69) is 9.97 Å². The number of carbonyl (C=O) groups is 1. The first-order chi connectivity index (χ1) is 6.69. The maximum absolute atomic E-state index is 10.9. The lowest BCUT2D eigenvalue weighted by Crippen LogP contribution is -2.24. The van der Waals surface area contributed by atoms with Crippen molar-refractivity contribution in [2.24, 2.45) is 5.73 Å². The summed E-state index contributed by atoms with van der Waals surface area (Å²) in [5.41, 5.74) is 5.31. The van der Waals surface area contributed by atoms with Gasteiger partial charge in [0.15, 0.2) is 0 Å². The van der Waals surface area contributed by atoms with Crippen molar-refractivity contribution in [3.05, 3.63) is 18.1 Å². The monoisotopic (exact) mass is 194 g/mol. The molecule has 1 amide bonds. The molecule has 1 aromatic rings. The van der Waals surface area contributed by atoms with Crippen molar-refractivity contribution in [1.29, 1.82) is 0 Å². The van der Waals surface area contributed by atoms with Crippen molar-refractivity contribution in [2.75, 3.05) is 18.0 Å². The lowest BCUT2D eigenvalue weighted by molar-refractivity contribution is 0.0995. The van der Waals surface area contributed by atoms with E-state index in [4.69, 9.17) is 5.73 Å². The first-order valence-corrected chi connectivity index (χ1v) is 4.55. The number of hydrogen-bond donors (Lipinski definition) is 1. The van der Waals surface area contributed by atoms with E-state index < -0.39 is 5.91 Å². The molecule has 5 heteroatoms. The van der Waals surface area contributed by atoms with E-state index in [0.29, 0.717) is 5.82 Å².